The van der Waals surface area contributed by atoms with Crippen molar-refractivity contribution < 1.29 is 13.9 Å². The first-order valence-electron chi connectivity index (χ1n) is 8.35. The van der Waals surface area contributed by atoms with E-state index >= 15 is 0 Å². The van der Waals surface area contributed by atoms with Crippen LogP contribution in [0, 0.1) is 13.8 Å². The Hall–Kier alpha value is -3.03. The first-order chi connectivity index (χ1) is 12.5. The number of nitrogens with two attached hydrogens (primary N) is 1. The van der Waals surface area contributed by atoms with Crippen LogP contribution in [0.5, 0.6) is 5.75 Å². The molecular formula is C18H25N5O3. The molecule has 2 rings (SSSR count). The van der Waals surface area contributed by atoms with Crippen LogP contribution in [0.3, 0.4) is 0 Å². The number of rotatable bonds is 8. The van der Waals surface area contributed by atoms with Gasteiger partial charge in [0.2, 0.25) is 5.89 Å². The zero-order chi connectivity index (χ0) is 18.9. The van der Waals surface area contributed by atoms with Gasteiger partial charge in [-0.2, -0.15) is 0 Å². The number of aromatic nitrogens is 1. The average Bonchev–Trinajstić information content (AvgIpc) is 2.95. The SMILES string of the molecule is CN=C(NCCc1ccc(OCC(N)=O)cc1)NCc1nc(C)c(C)o1. The molecule has 26 heavy (non-hydrogen) atoms. The highest BCUT2D eigenvalue weighted by Crippen LogP contribution is 2.12. The number of aliphatic imine (C=N–C) groups is 1. The summed E-state index contributed by atoms with van der Waals surface area (Å²) in [6.45, 7) is 4.88. The molecule has 0 saturated carbocycles. The molecule has 0 bridgehead atoms. The van der Waals surface area contributed by atoms with E-state index in [-0.39, 0.29) is 6.61 Å². The summed E-state index contributed by atoms with van der Waals surface area (Å²) in [7, 11) is 1.71. The van der Waals surface area contributed by atoms with Crippen molar-refractivity contribution in [2.24, 2.45) is 10.7 Å². The van der Waals surface area contributed by atoms with Crippen LogP contribution < -0.4 is 21.1 Å². The first kappa shape index (κ1) is 19.3. The van der Waals surface area contributed by atoms with Crippen LogP contribution in [0.25, 0.3) is 0 Å². The van der Waals surface area contributed by atoms with E-state index in [2.05, 4.69) is 20.6 Å². The smallest absolute Gasteiger partial charge is 0.255 e. The Morgan fingerprint density at radius 2 is 2.00 bits per heavy atom. The number of nitrogens with one attached hydrogen (secondary N) is 2. The number of aryl methyl sites for hydroxylation is 2. The van der Waals surface area contributed by atoms with Crippen LogP contribution in [0.2, 0.25) is 0 Å². The van der Waals surface area contributed by atoms with E-state index in [1.54, 1.807) is 7.05 Å². The van der Waals surface area contributed by atoms with Gasteiger partial charge in [-0.15, -0.1) is 0 Å². The maximum Gasteiger partial charge on any atom is 0.255 e. The molecule has 0 saturated heterocycles. The fraction of sp³-hybridized carbons (Fsp3) is 0.389. The van der Waals surface area contributed by atoms with Crippen LogP contribution >= 0.6 is 0 Å². The highest BCUT2D eigenvalue weighted by atomic mass is 16.5. The predicted molar refractivity (Wildman–Crippen MR) is 99.0 cm³/mol. The maximum absolute atomic E-state index is 10.7. The molecule has 0 radical (unpaired) electrons. The van der Waals surface area contributed by atoms with Crippen molar-refractivity contribution >= 4 is 11.9 Å². The van der Waals surface area contributed by atoms with E-state index in [1.165, 1.54) is 0 Å². The lowest BCUT2D eigenvalue weighted by Crippen LogP contribution is -2.37. The summed E-state index contributed by atoms with van der Waals surface area (Å²) in [4.78, 5) is 19.2. The number of carbonyl (C=O) groups is 1. The van der Waals surface area contributed by atoms with Gasteiger partial charge < -0.3 is 25.5 Å². The molecule has 1 aromatic heterocycles. The second-order valence-electron chi connectivity index (χ2n) is 5.75. The molecule has 140 valence electrons. The van der Waals surface area contributed by atoms with Crippen molar-refractivity contribution in [2.45, 2.75) is 26.8 Å². The van der Waals surface area contributed by atoms with E-state index in [0.717, 1.165) is 23.4 Å². The number of oxazole rings is 1. The van der Waals surface area contributed by atoms with Gasteiger partial charge >= 0.3 is 0 Å². The van der Waals surface area contributed by atoms with Crippen LogP contribution in [-0.2, 0) is 17.8 Å². The van der Waals surface area contributed by atoms with Crippen LogP contribution in [0.15, 0.2) is 33.7 Å². The number of nitrogens with zero attached hydrogens (tertiary/aromatic N) is 2. The lowest BCUT2D eigenvalue weighted by Gasteiger charge is -2.11. The lowest BCUT2D eigenvalue weighted by atomic mass is 10.1. The largest absolute Gasteiger partial charge is 0.484 e. The minimum atomic E-state index is -0.493. The van der Waals surface area contributed by atoms with Gasteiger partial charge in [0.1, 0.15) is 11.5 Å². The molecule has 1 aromatic carbocycles. The minimum absolute atomic E-state index is 0.119. The molecule has 0 atom stereocenters. The molecular weight excluding hydrogens is 334 g/mol. The number of primary amides is 1. The van der Waals surface area contributed by atoms with Crippen molar-refractivity contribution in [2.75, 3.05) is 20.2 Å². The standard InChI is InChI=1S/C18H25N5O3/c1-12-13(2)26-17(23-12)10-22-18(20-3)21-9-8-14-4-6-15(7-5-14)25-11-16(19)24/h4-7H,8-11H2,1-3H3,(H2,19,24)(H2,20,21,22). The Balaban J connectivity index is 1.73. The van der Waals surface area contributed by atoms with Crippen molar-refractivity contribution in [3.05, 3.63) is 47.2 Å². The Morgan fingerprint density at radius 3 is 2.58 bits per heavy atom. The number of hydrogen-bond acceptors (Lipinski definition) is 5. The van der Waals surface area contributed by atoms with Gasteiger partial charge in [0.25, 0.3) is 5.91 Å². The zero-order valence-electron chi connectivity index (χ0n) is 15.3. The van der Waals surface area contributed by atoms with Gasteiger partial charge in [-0.1, -0.05) is 12.1 Å². The fourth-order valence-electron chi connectivity index (χ4n) is 2.23. The molecule has 8 heteroatoms. The highest BCUT2D eigenvalue weighted by molar-refractivity contribution is 5.79. The molecule has 2 aromatic rings. The van der Waals surface area contributed by atoms with Crippen LogP contribution in [-0.4, -0.2) is 37.1 Å². The van der Waals surface area contributed by atoms with Gasteiger partial charge in [-0.05, 0) is 38.0 Å². The number of hydrogen-bond donors (Lipinski definition) is 3. The number of amides is 1. The molecule has 0 spiro atoms. The molecule has 0 aliphatic heterocycles. The zero-order valence-corrected chi connectivity index (χ0v) is 15.3. The number of benzene rings is 1. The second kappa shape index (κ2) is 9.45. The van der Waals surface area contributed by atoms with Crippen LogP contribution in [0.1, 0.15) is 22.9 Å². The summed E-state index contributed by atoms with van der Waals surface area (Å²) in [6, 6.07) is 7.54. The molecule has 0 aliphatic carbocycles. The Kier molecular flexibility index (Phi) is 7.02. The lowest BCUT2D eigenvalue weighted by molar-refractivity contribution is -0.119. The Bertz CT molecular complexity index is 733. The number of carbonyl (C=O) groups excluding carboxylic acids is 1. The van der Waals surface area contributed by atoms with Gasteiger partial charge in [0.15, 0.2) is 12.6 Å². The topological polar surface area (TPSA) is 115 Å². The average molecular weight is 359 g/mol. The summed E-state index contributed by atoms with van der Waals surface area (Å²) in [5.41, 5.74) is 7.08. The molecule has 1 heterocycles. The van der Waals surface area contributed by atoms with Gasteiger partial charge in [0.05, 0.1) is 12.2 Å². The quantitative estimate of drug-likeness (QED) is 0.480. The second-order valence-corrected chi connectivity index (χ2v) is 5.75. The summed E-state index contributed by atoms with van der Waals surface area (Å²) in [5.74, 6) is 2.27. The molecule has 0 aliphatic rings. The third kappa shape index (κ3) is 6.12. The molecule has 1 amide bonds. The Labute approximate surface area is 152 Å². The van der Waals surface area contributed by atoms with E-state index < -0.39 is 5.91 Å². The van der Waals surface area contributed by atoms with Gasteiger partial charge in [0, 0.05) is 13.6 Å². The highest BCUT2D eigenvalue weighted by Gasteiger charge is 2.06. The summed E-state index contributed by atoms with van der Waals surface area (Å²) >= 11 is 0. The van der Waals surface area contributed by atoms with Crippen molar-refractivity contribution in [3.63, 3.8) is 0 Å². The van der Waals surface area contributed by atoms with Crippen molar-refractivity contribution in [1.29, 1.82) is 0 Å². The Morgan fingerprint density at radius 1 is 1.27 bits per heavy atom. The first-order valence-corrected chi connectivity index (χ1v) is 8.35. The maximum atomic E-state index is 10.7. The van der Waals surface area contributed by atoms with Gasteiger partial charge in [-0.25, -0.2) is 4.98 Å². The van der Waals surface area contributed by atoms with E-state index in [1.807, 2.05) is 38.1 Å². The molecule has 0 fully saturated rings. The van der Waals surface area contributed by atoms with Crippen LogP contribution in [0.4, 0.5) is 0 Å². The predicted octanol–water partition coefficient (Wildman–Crippen LogP) is 1.06. The third-order valence-electron chi connectivity index (χ3n) is 3.71. The molecule has 0 unspecified atom stereocenters. The minimum Gasteiger partial charge on any atom is -0.484 e. The molecule has 8 nitrogen and oxygen atoms in total. The monoisotopic (exact) mass is 359 g/mol. The van der Waals surface area contributed by atoms with E-state index in [4.69, 9.17) is 14.9 Å². The van der Waals surface area contributed by atoms with Gasteiger partial charge in [-0.3, -0.25) is 9.79 Å². The number of ether oxygens (including phenoxy) is 1. The third-order valence-corrected chi connectivity index (χ3v) is 3.71. The normalized spacial score (nSPS) is 11.3. The van der Waals surface area contributed by atoms with E-state index in [0.29, 0.717) is 30.7 Å². The van der Waals surface area contributed by atoms with Crippen molar-refractivity contribution in [3.8, 4) is 5.75 Å². The van der Waals surface area contributed by atoms with Crippen molar-refractivity contribution in [1.82, 2.24) is 15.6 Å². The summed E-state index contributed by atoms with van der Waals surface area (Å²) < 4.78 is 10.8. The number of guanidine groups is 1. The molecule has 4 N–H and O–H groups in total. The fourth-order valence-corrected chi connectivity index (χ4v) is 2.23. The van der Waals surface area contributed by atoms with E-state index in [9.17, 15) is 4.79 Å². The summed E-state index contributed by atoms with van der Waals surface area (Å²) in [6.07, 6.45) is 0.814. The summed E-state index contributed by atoms with van der Waals surface area (Å²) in [5, 5.41) is 6.41.